The van der Waals surface area contributed by atoms with E-state index in [4.69, 9.17) is 4.74 Å². The van der Waals surface area contributed by atoms with Gasteiger partial charge in [0.2, 0.25) is 0 Å². The van der Waals surface area contributed by atoms with Gasteiger partial charge in [0.15, 0.2) is 0 Å². The number of carbonyl (C=O) groups is 3. The fourth-order valence-electron chi connectivity index (χ4n) is 3.06. The van der Waals surface area contributed by atoms with Crippen LogP contribution in [0.5, 0.6) is 0 Å². The SMILES string of the molecule is COC(=O)c1ccc(C[C@@H](C(=O)O)N(C(=O)OCc2ccccc2)C(C)(C)C)cc1. The number of carboxylic acids is 1. The molecule has 7 nitrogen and oxygen atoms in total. The number of nitrogens with zero attached hydrogens (tertiary/aromatic N) is 1. The monoisotopic (exact) mass is 413 g/mol. The maximum absolute atomic E-state index is 12.9. The molecular weight excluding hydrogens is 386 g/mol. The van der Waals surface area contributed by atoms with Crippen molar-refractivity contribution in [2.45, 2.75) is 45.4 Å². The average Bonchev–Trinajstić information content (AvgIpc) is 2.71. The van der Waals surface area contributed by atoms with Crippen LogP contribution in [0.3, 0.4) is 0 Å². The summed E-state index contributed by atoms with van der Waals surface area (Å²) < 4.78 is 10.1. The summed E-state index contributed by atoms with van der Waals surface area (Å²) >= 11 is 0. The zero-order chi connectivity index (χ0) is 22.3. The molecule has 160 valence electrons. The summed E-state index contributed by atoms with van der Waals surface area (Å²) in [6.45, 7) is 5.32. The molecule has 0 fully saturated rings. The van der Waals surface area contributed by atoms with Gasteiger partial charge in [-0.15, -0.1) is 0 Å². The zero-order valence-corrected chi connectivity index (χ0v) is 17.6. The lowest BCUT2D eigenvalue weighted by Crippen LogP contribution is -2.55. The van der Waals surface area contributed by atoms with E-state index in [1.54, 1.807) is 45.0 Å². The Hall–Kier alpha value is -3.35. The second-order valence-corrected chi connectivity index (χ2v) is 7.83. The summed E-state index contributed by atoms with van der Waals surface area (Å²) in [5, 5.41) is 9.86. The summed E-state index contributed by atoms with van der Waals surface area (Å²) in [7, 11) is 1.29. The van der Waals surface area contributed by atoms with Crippen LogP contribution in [0.25, 0.3) is 0 Å². The minimum Gasteiger partial charge on any atom is -0.480 e. The maximum atomic E-state index is 12.9. The molecule has 0 radical (unpaired) electrons. The molecule has 1 atom stereocenters. The number of esters is 1. The molecular formula is C23H27NO6. The van der Waals surface area contributed by atoms with Crippen molar-refractivity contribution in [1.82, 2.24) is 4.90 Å². The highest BCUT2D eigenvalue weighted by molar-refractivity contribution is 5.89. The number of amides is 1. The number of rotatable bonds is 7. The standard InChI is InChI=1S/C23H27NO6/c1-23(2,3)24(22(28)30-15-17-8-6-5-7-9-17)19(20(25)26)14-16-10-12-18(13-11-16)21(27)29-4/h5-13,19H,14-15H2,1-4H3,(H,25,26)/t19-/m0/s1. The van der Waals surface area contributed by atoms with Gasteiger partial charge < -0.3 is 14.6 Å². The third kappa shape index (κ3) is 6.07. The van der Waals surface area contributed by atoms with Crippen LogP contribution in [0, 0.1) is 0 Å². The molecule has 30 heavy (non-hydrogen) atoms. The normalized spacial score (nSPS) is 12.0. The number of hydrogen-bond donors (Lipinski definition) is 1. The second-order valence-electron chi connectivity index (χ2n) is 7.83. The van der Waals surface area contributed by atoms with Crippen molar-refractivity contribution in [3.8, 4) is 0 Å². The molecule has 2 aromatic carbocycles. The van der Waals surface area contributed by atoms with E-state index in [-0.39, 0.29) is 13.0 Å². The van der Waals surface area contributed by atoms with E-state index in [1.807, 2.05) is 30.3 Å². The van der Waals surface area contributed by atoms with Crippen molar-refractivity contribution in [2.24, 2.45) is 0 Å². The summed E-state index contributed by atoms with van der Waals surface area (Å²) in [6, 6.07) is 14.5. The van der Waals surface area contributed by atoms with Crippen molar-refractivity contribution >= 4 is 18.0 Å². The molecule has 0 unspecified atom stereocenters. The number of carbonyl (C=O) groups excluding carboxylic acids is 2. The minimum atomic E-state index is -1.14. The lowest BCUT2D eigenvalue weighted by molar-refractivity contribution is -0.144. The summed E-state index contributed by atoms with van der Waals surface area (Å²) in [5.74, 6) is -1.62. The summed E-state index contributed by atoms with van der Waals surface area (Å²) in [6.07, 6.45) is -0.640. The molecule has 0 saturated heterocycles. The van der Waals surface area contributed by atoms with Crippen molar-refractivity contribution in [1.29, 1.82) is 0 Å². The van der Waals surface area contributed by atoms with Crippen LogP contribution in [-0.4, -0.2) is 46.7 Å². The Morgan fingerprint density at radius 3 is 2.07 bits per heavy atom. The molecule has 0 heterocycles. The third-order valence-electron chi connectivity index (χ3n) is 4.53. The Balaban J connectivity index is 2.21. The molecule has 0 aliphatic heterocycles. The molecule has 0 bridgehead atoms. The van der Waals surface area contributed by atoms with Gasteiger partial charge in [0.25, 0.3) is 0 Å². The Labute approximate surface area is 176 Å². The van der Waals surface area contributed by atoms with Gasteiger partial charge in [-0.2, -0.15) is 0 Å². The van der Waals surface area contributed by atoms with Crippen molar-refractivity contribution < 1.29 is 29.0 Å². The van der Waals surface area contributed by atoms with Crippen LogP contribution in [0.2, 0.25) is 0 Å². The first-order chi connectivity index (χ1) is 14.1. The van der Waals surface area contributed by atoms with E-state index < -0.39 is 29.6 Å². The Bertz CT molecular complexity index is 871. The average molecular weight is 413 g/mol. The Morgan fingerprint density at radius 2 is 1.57 bits per heavy atom. The van der Waals surface area contributed by atoms with Crippen LogP contribution in [0.4, 0.5) is 4.79 Å². The van der Waals surface area contributed by atoms with E-state index in [2.05, 4.69) is 4.74 Å². The topological polar surface area (TPSA) is 93.1 Å². The van der Waals surface area contributed by atoms with Gasteiger partial charge in [0.1, 0.15) is 12.6 Å². The quantitative estimate of drug-likeness (QED) is 0.692. The Morgan fingerprint density at radius 1 is 0.967 bits per heavy atom. The molecule has 2 aromatic rings. The predicted molar refractivity (Wildman–Crippen MR) is 111 cm³/mol. The second kappa shape index (κ2) is 9.91. The summed E-state index contributed by atoms with van der Waals surface area (Å²) in [4.78, 5) is 37.8. The maximum Gasteiger partial charge on any atom is 0.411 e. The molecule has 2 rings (SSSR count). The van der Waals surface area contributed by atoms with Crippen LogP contribution < -0.4 is 0 Å². The molecule has 0 saturated carbocycles. The molecule has 0 aromatic heterocycles. The van der Waals surface area contributed by atoms with Gasteiger partial charge >= 0.3 is 18.0 Å². The van der Waals surface area contributed by atoms with Crippen LogP contribution in [0.15, 0.2) is 54.6 Å². The highest BCUT2D eigenvalue weighted by atomic mass is 16.6. The molecule has 0 aliphatic rings. The summed E-state index contributed by atoms with van der Waals surface area (Å²) in [5.41, 5.74) is 1.05. The lowest BCUT2D eigenvalue weighted by Gasteiger charge is -2.39. The molecule has 7 heteroatoms. The van der Waals surface area contributed by atoms with E-state index >= 15 is 0 Å². The fourth-order valence-corrected chi connectivity index (χ4v) is 3.06. The van der Waals surface area contributed by atoms with Gasteiger partial charge in [0.05, 0.1) is 12.7 Å². The molecule has 0 aliphatic carbocycles. The van der Waals surface area contributed by atoms with Crippen LogP contribution in [0.1, 0.15) is 42.3 Å². The van der Waals surface area contributed by atoms with E-state index in [1.165, 1.54) is 12.0 Å². The number of ether oxygens (including phenoxy) is 2. The van der Waals surface area contributed by atoms with Gasteiger partial charge in [-0.05, 0) is 44.0 Å². The van der Waals surface area contributed by atoms with E-state index in [9.17, 15) is 19.5 Å². The zero-order valence-electron chi connectivity index (χ0n) is 17.6. The number of carboxylic acid groups (broad SMARTS) is 1. The van der Waals surface area contributed by atoms with Gasteiger partial charge in [-0.3, -0.25) is 4.90 Å². The molecule has 1 amide bonds. The van der Waals surface area contributed by atoms with Gasteiger partial charge in [-0.1, -0.05) is 42.5 Å². The largest absolute Gasteiger partial charge is 0.480 e. The first-order valence-corrected chi connectivity index (χ1v) is 9.53. The Kier molecular flexibility index (Phi) is 7.58. The van der Waals surface area contributed by atoms with Crippen LogP contribution in [-0.2, 0) is 27.3 Å². The highest BCUT2D eigenvalue weighted by Crippen LogP contribution is 2.23. The number of methoxy groups -OCH3 is 1. The third-order valence-corrected chi connectivity index (χ3v) is 4.53. The fraction of sp³-hybridized carbons (Fsp3) is 0.348. The minimum absolute atomic E-state index is 0.0480. The van der Waals surface area contributed by atoms with Crippen LogP contribution >= 0.6 is 0 Å². The number of benzene rings is 2. The van der Waals surface area contributed by atoms with Gasteiger partial charge in [-0.25, -0.2) is 14.4 Å². The van der Waals surface area contributed by atoms with Gasteiger partial charge in [0, 0.05) is 12.0 Å². The van der Waals surface area contributed by atoms with Crippen molar-refractivity contribution in [3.63, 3.8) is 0 Å². The highest BCUT2D eigenvalue weighted by Gasteiger charge is 2.38. The van der Waals surface area contributed by atoms with E-state index in [0.717, 1.165) is 5.56 Å². The molecule has 0 spiro atoms. The lowest BCUT2D eigenvalue weighted by atomic mass is 9.98. The number of hydrogen-bond acceptors (Lipinski definition) is 5. The van der Waals surface area contributed by atoms with Crippen molar-refractivity contribution in [2.75, 3.05) is 7.11 Å². The first kappa shape index (κ1) is 22.9. The first-order valence-electron chi connectivity index (χ1n) is 9.53. The van der Waals surface area contributed by atoms with Crippen molar-refractivity contribution in [3.05, 3.63) is 71.3 Å². The molecule has 1 N–H and O–H groups in total. The smallest absolute Gasteiger partial charge is 0.411 e. The number of aliphatic carboxylic acids is 1. The predicted octanol–water partition coefficient (Wildman–Crippen LogP) is 3.91. The van der Waals surface area contributed by atoms with E-state index in [0.29, 0.717) is 11.1 Å².